The Bertz CT molecular complexity index is 767. The minimum absolute atomic E-state index is 0.0663. The van der Waals surface area contributed by atoms with E-state index in [4.69, 9.17) is 21.1 Å². The first-order chi connectivity index (χ1) is 12.1. The first-order valence-corrected chi connectivity index (χ1v) is 8.98. The second-order valence-corrected chi connectivity index (χ2v) is 6.39. The van der Waals surface area contributed by atoms with Crippen molar-refractivity contribution in [2.75, 3.05) is 18.5 Å². The smallest absolute Gasteiger partial charge is 0.228 e. The lowest BCUT2D eigenvalue weighted by Crippen LogP contribution is -2.18. The second-order valence-electron chi connectivity index (χ2n) is 5.99. The molecule has 25 heavy (non-hydrogen) atoms. The van der Waals surface area contributed by atoms with E-state index in [0.717, 1.165) is 35.2 Å². The van der Waals surface area contributed by atoms with Crippen LogP contribution in [0.4, 0.5) is 5.69 Å². The fraction of sp³-hybridized carbons (Fsp3) is 0.350. The average molecular weight is 360 g/mol. The molecule has 0 aromatic heterocycles. The van der Waals surface area contributed by atoms with Crippen molar-refractivity contribution in [1.82, 2.24) is 0 Å². The van der Waals surface area contributed by atoms with E-state index in [0.29, 0.717) is 29.7 Å². The van der Waals surface area contributed by atoms with Gasteiger partial charge in [-0.2, -0.15) is 0 Å². The van der Waals surface area contributed by atoms with E-state index < -0.39 is 0 Å². The number of ether oxygens (including phenoxy) is 2. The minimum atomic E-state index is -0.0663. The van der Waals surface area contributed by atoms with Gasteiger partial charge >= 0.3 is 0 Å². The molecule has 1 amide bonds. The van der Waals surface area contributed by atoms with Crippen molar-refractivity contribution in [3.05, 3.63) is 52.0 Å². The average Bonchev–Trinajstić information content (AvgIpc) is 2.62. The Morgan fingerprint density at radius 1 is 1.12 bits per heavy atom. The van der Waals surface area contributed by atoms with Crippen molar-refractivity contribution in [3.8, 4) is 11.5 Å². The van der Waals surface area contributed by atoms with Crippen LogP contribution in [0.5, 0.6) is 11.5 Å². The largest absolute Gasteiger partial charge is 0.486 e. The van der Waals surface area contributed by atoms with E-state index in [1.807, 2.05) is 12.1 Å². The third kappa shape index (κ3) is 3.90. The molecule has 0 atom stereocenters. The molecular weight excluding hydrogens is 338 g/mol. The number of aryl methyl sites for hydroxylation is 2. The highest BCUT2D eigenvalue weighted by molar-refractivity contribution is 6.32. The van der Waals surface area contributed by atoms with Crippen LogP contribution in [0.15, 0.2) is 30.3 Å². The van der Waals surface area contributed by atoms with Gasteiger partial charge in [-0.15, -0.1) is 0 Å². The number of fused-ring (bicyclic) bond motifs is 1. The van der Waals surface area contributed by atoms with Crippen LogP contribution in [0.25, 0.3) is 0 Å². The summed E-state index contributed by atoms with van der Waals surface area (Å²) in [5, 5.41) is 3.55. The highest BCUT2D eigenvalue weighted by Crippen LogP contribution is 2.38. The lowest BCUT2D eigenvalue weighted by atomic mass is 10.0. The van der Waals surface area contributed by atoms with Crippen LogP contribution < -0.4 is 14.8 Å². The number of halogens is 1. The topological polar surface area (TPSA) is 47.6 Å². The monoisotopic (exact) mass is 359 g/mol. The van der Waals surface area contributed by atoms with Gasteiger partial charge in [-0.05, 0) is 41.7 Å². The summed E-state index contributed by atoms with van der Waals surface area (Å²) in [6, 6.07) is 9.73. The summed E-state index contributed by atoms with van der Waals surface area (Å²) < 4.78 is 11.1. The number of para-hydroxylation sites is 1. The molecule has 0 aliphatic carbocycles. The van der Waals surface area contributed by atoms with Gasteiger partial charge in [-0.25, -0.2) is 0 Å². The Morgan fingerprint density at radius 3 is 2.48 bits per heavy atom. The van der Waals surface area contributed by atoms with E-state index in [-0.39, 0.29) is 12.3 Å². The van der Waals surface area contributed by atoms with Crippen LogP contribution in [0.1, 0.15) is 30.5 Å². The fourth-order valence-electron chi connectivity index (χ4n) is 3.04. The Hall–Kier alpha value is -2.20. The van der Waals surface area contributed by atoms with Gasteiger partial charge < -0.3 is 14.8 Å². The van der Waals surface area contributed by atoms with Crippen LogP contribution >= 0.6 is 11.6 Å². The molecule has 0 fully saturated rings. The highest BCUT2D eigenvalue weighted by atomic mass is 35.5. The number of hydrogen-bond acceptors (Lipinski definition) is 3. The zero-order valence-electron chi connectivity index (χ0n) is 14.5. The molecule has 1 aliphatic rings. The third-order valence-corrected chi connectivity index (χ3v) is 4.57. The maximum atomic E-state index is 12.6. The zero-order chi connectivity index (χ0) is 17.8. The van der Waals surface area contributed by atoms with Crippen molar-refractivity contribution >= 4 is 23.2 Å². The SMILES string of the molecule is CCc1cccc(CC)c1NC(=O)Cc1cc(Cl)c2c(c1)OCCO2. The van der Waals surface area contributed by atoms with Crippen LogP contribution in [0.2, 0.25) is 5.02 Å². The summed E-state index contributed by atoms with van der Waals surface area (Å²) in [5.41, 5.74) is 4.03. The molecule has 0 unspecified atom stereocenters. The van der Waals surface area contributed by atoms with Gasteiger partial charge in [0.2, 0.25) is 5.91 Å². The van der Waals surface area contributed by atoms with Gasteiger partial charge in [0.1, 0.15) is 13.2 Å². The van der Waals surface area contributed by atoms with E-state index in [9.17, 15) is 4.79 Å². The molecule has 132 valence electrons. The number of anilines is 1. The number of amides is 1. The molecule has 4 nitrogen and oxygen atoms in total. The molecule has 1 N–H and O–H groups in total. The van der Waals surface area contributed by atoms with E-state index in [1.165, 1.54) is 0 Å². The summed E-state index contributed by atoms with van der Waals surface area (Å²) in [6.45, 7) is 5.15. The minimum Gasteiger partial charge on any atom is -0.486 e. The molecule has 5 heteroatoms. The van der Waals surface area contributed by atoms with Gasteiger partial charge in [-0.3, -0.25) is 4.79 Å². The zero-order valence-corrected chi connectivity index (χ0v) is 15.3. The van der Waals surface area contributed by atoms with E-state index >= 15 is 0 Å². The van der Waals surface area contributed by atoms with Gasteiger partial charge in [0.25, 0.3) is 0 Å². The summed E-state index contributed by atoms with van der Waals surface area (Å²) >= 11 is 6.25. The van der Waals surface area contributed by atoms with Crippen LogP contribution in [0.3, 0.4) is 0 Å². The Morgan fingerprint density at radius 2 is 1.80 bits per heavy atom. The molecule has 3 rings (SSSR count). The molecular formula is C20H22ClNO3. The van der Waals surface area contributed by atoms with E-state index in [2.05, 4.69) is 31.3 Å². The van der Waals surface area contributed by atoms with Crippen LogP contribution in [-0.2, 0) is 24.1 Å². The molecule has 0 radical (unpaired) electrons. The van der Waals surface area contributed by atoms with Gasteiger partial charge in [0.05, 0.1) is 11.4 Å². The summed E-state index contributed by atoms with van der Waals surface area (Å²) in [6.07, 6.45) is 1.98. The Labute approximate surface area is 153 Å². The Balaban J connectivity index is 1.79. The fourth-order valence-corrected chi connectivity index (χ4v) is 3.33. The van der Waals surface area contributed by atoms with Crippen molar-refractivity contribution in [2.45, 2.75) is 33.1 Å². The molecule has 0 saturated carbocycles. The molecule has 1 aliphatic heterocycles. The second kappa shape index (κ2) is 7.79. The quantitative estimate of drug-likeness (QED) is 0.859. The number of hydrogen-bond donors (Lipinski definition) is 1. The lowest BCUT2D eigenvalue weighted by Gasteiger charge is -2.20. The van der Waals surface area contributed by atoms with Crippen molar-refractivity contribution in [3.63, 3.8) is 0 Å². The molecule has 0 bridgehead atoms. The molecule has 2 aromatic carbocycles. The highest BCUT2D eigenvalue weighted by Gasteiger charge is 2.18. The number of nitrogens with one attached hydrogen (secondary N) is 1. The lowest BCUT2D eigenvalue weighted by molar-refractivity contribution is -0.115. The van der Waals surface area contributed by atoms with Crippen molar-refractivity contribution in [1.29, 1.82) is 0 Å². The standard InChI is InChI=1S/C20H22ClNO3/c1-3-14-6-5-7-15(4-2)19(14)22-18(23)12-13-10-16(21)20-17(11-13)24-8-9-25-20/h5-7,10-11H,3-4,8-9,12H2,1-2H3,(H,22,23). The first-order valence-electron chi connectivity index (χ1n) is 8.61. The number of carbonyl (C=O) groups is 1. The molecule has 1 heterocycles. The summed E-state index contributed by atoms with van der Waals surface area (Å²) in [7, 11) is 0. The number of carbonyl (C=O) groups excluding carboxylic acids is 1. The van der Waals surface area contributed by atoms with Crippen molar-refractivity contribution in [2.24, 2.45) is 0 Å². The summed E-state index contributed by atoms with van der Waals surface area (Å²) in [5.74, 6) is 1.09. The normalized spacial score (nSPS) is 12.8. The van der Waals surface area contributed by atoms with Crippen molar-refractivity contribution < 1.29 is 14.3 Å². The number of benzene rings is 2. The molecule has 0 spiro atoms. The van der Waals surface area contributed by atoms with Gasteiger partial charge in [0, 0.05) is 5.69 Å². The van der Waals surface area contributed by atoms with E-state index in [1.54, 1.807) is 6.07 Å². The van der Waals surface area contributed by atoms with Crippen LogP contribution in [-0.4, -0.2) is 19.1 Å². The predicted molar refractivity (Wildman–Crippen MR) is 100.0 cm³/mol. The predicted octanol–water partition coefficient (Wildman–Crippen LogP) is 4.42. The summed E-state index contributed by atoms with van der Waals surface area (Å²) in [4.78, 5) is 12.6. The van der Waals surface area contributed by atoms with Gasteiger partial charge in [-0.1, -0.05) is 43.6 Å². The van der Waals surface area contributed by atoms with Crippen LogP contribution in [0, 0.1) is 0 Å². The maximum absolute atomic E-state index is 12.6. The third-order valence-electron chi connectivity index (χ3n) is 4.28. The maximum Gasteiger partial charge on any atom is 0.228 e. The Kier molecular flexibility index (Phi) is 5.49. The number of rotatable bonds is 5. The molecule has 0 saturated heterocycles. The van der Waals surface area contributed by atoms with Gasteiger partial charge in [0.15, 0.2) is 11.5 Å². The first kappa shape index (κ1) is 17.6. The molecule has 2 aromatic rings.